The Morgan fingerprint density at radius 1 is 0.840 bits per heavy atom. The topological polar surface area (TPSA) is 22.1 Å². The molecule has 0 aliphatic carbocycles. The smallest absolute Gasteiger partial charge is 0.137 e. The van der Waals surface area contributed by atoms with E-state index in [1.54, 1.807) is 6.20 Å². The fourth-order valence-corrected chi connectivity index (χ4v) is 2.58. The third-order valence-corrected chi connectivity index (χ3v) is 4.07. The summed E-state index contributed by atoms with van der Waals surface area (Å²) in [5.41, 5.74) is 3.20. The molecule has 0 amide bonds. The van der Waals surface area contributed by atoms with Gasteiger partial charge in [0.05, 0.1) is 12.8 Å². The monoisotopic (exact) mass is 335 g/mol. The number of pyridine rings is 1. The molecule has 0 radical (unpaired) electrons. The lowest BCUT2D eigenvalue weighted by Crippen LogP contribution is -1.95. The van der Waals surface area contributed by atoms with Gasteiger partial charge in [-0.15, -0.1) is 0 Å². The number of hydrogen-bond donors (Lipinski definition) is 0. The fraction of sp³-hybridized carbons (Fsp3) is 0.435. The predicted octanol–water partition coefficient (Wildman–Crippen LogP) is 5.78. The summed E-state index contributed by atoms with van der Waals surface area (Å²) in [5, 5.41) is 0. The highest BCUT2D eigenvalue weighted by Gasteiger charge is 1.96. The Labute approximate surface area is 152 Å². The number of nitrogens with zero attached hydrogens (tertiary/aromatic N) is 1. The average molecular weight is 335 g/mol. The molecule has 0 bridgehead atoms. The molecule has 0 fully saturated rings. The van der Waals surface area contributed by atoms with Crippen molar-refractivity contribution in [3.8, 4) is 17.6 Å². The van der Waals surface area contributed by atoms with Gasteiger partial charge in [0.2, 0.25) is 0 Å². The number of aromatic nitrogens is 1. The summed E-state index contributed by atoms with van der Waals surface area (Å²) in [5.74, 6) is 7.10. The van der Waals surface area contributed by atoms with E-state index in [1.165, 1.54) is 37.7 Å². The number of unbranched alkanes of at least 4 members (excludes halogenated alkanes) is 4. The summed E-state index contributed by atoms with van der Waals surface area (Å²) in [7, 11) is 0. The standard InChI is InChI=1S/C23H29NO/c1-3-5-6-7-8-9-20-10-12-21(13-11-20)14-15-22-16-17-23(19-24-22)25-18-4-2/h10-13,16-17,19H,3-9,18H2,1-2H3. The van der Waals surface area contributed by atoms with Gasteiger partial charge in [0, 0.05) is 5.56 Å². The molecule has 0 aliphatic rings. The Morgan fingerprint density at radius 3 is 2.32 bits per heavy atom. The van der Waals surface area contributed by atoms with Crippen molar-refractivity contribution in [2.24, 2.45) is 0 Å². The lowest BCUT2D eigenvalue weighted by molar-refractivity contribution is 0.316. The van der Waals surface area contributed by atoms with Crippen LogP contribution >= 0.6 is 0 Å². The molecule has 1 heterocycles. The first-order valence-electron chi connectivity index (χ1n) is 9.51. The molecule has 1 aromatic heterocycles. The first kappa shape index (κ1) is 19.1. The number of aryl methyl sites for hydroxylation is 1. The third kappa shape index (κ3) is 7.44. The van der Waals surface area contributed by atoms with Crippen LogP contribution in [0.3, 0.4) is 0 Å². The Balaban J connectivity index is 1.83. The van der Waals surface area contributed by atoms with Crippen molar-refractivity contribution in [1.29, 1.82) is 0 Å². The highest BCUT2D eigenvalue weighted by Crippen LogP contribution is 2.11. The molecule has 2 aromatic rings. The molecule has 0 atom stereocenters. The van der Waals surface area contributed by atoms with Crippen LogP contribution < -0.4 is 4.74 Å². The molecule has 0 saturated carbocycles. The number of benzene rings is 1. The molecule has 25 heavy (non-hydrogen) atoms. The van der Waals surface area contributed by atoms with Gasteiger partial charge in [0.1, 0.15) is 11.4 Å². The second-order valence-corrected chi connectivity index (χ2v) is 6.34. The maximum Gasteiger partial charge on any atom is 0.137 e. The summed E-state index contributed by atoms with van der Waals surface area (Å²) in [4.78, 5) is 4.33. The molecule has 0 spiro atoms. The minimum Gasteiger partial charge on any atom is -0.492 e. The molecular formula is C23H29NO. The van der Waals surface area contributed by atoms with Crippen LogP contribution in [0.25, 0.3) is 0 Å². The maximum absolute atomic E-state index is 5.53. The third-order valence-electron chi connectivity index (χ3n) is 4.07. The van der Waals surface area contributed by atoms with E-state index in [4.69, 9.17) is 4.74 Å². The van der Waals surface area contributed by atoms with Gasteiger partial charge in [-0.25, -0.2) is 4.98 Å². The van der Waals surface area contributed by atoms with Crippen LogP contribution in [0.5, 0.6) is 5.75 Å². The summed E-state index contributed by atoms with van der Waals surface area (Å²) in [6, 6.07) is 12.4. The Morgan fingerprint density at radius 2 is 1.64 bits per heavy atom. The van der Waals surface area contributed by atoms with E-state index < -0.39 is 0 Å². The second-order valence-electron chi connectivity index (χ2n) is 6.34. The van der Waals surface area contributed by atoms with Crippen LogP contribution in [0, 0.1) is 11.8 Å². The van der Waals surface area contributed by atoms with E-state index in [-0.39, 0.29) is 0 Å². The van der Waals surface area contributed by atoms with E-state index in [0.29, 0.717) is 0 Å². The molecule has 1 aromatic carbocycles. The van der Waals surface area contributed by atoms with Crippen LogP contribution in [-0.2, 0) is 6.42 Å². The van der Waals surface area contributed by atoms with Crippen LogP contribution in [0.1, 0.15) is 69.2 Å². The van der Waals surface area contributed by atoms with Crippen LogP contribution in [0.2, 0.25) is 0 Å². The fourth-order valence-electron chi connectivity index (χ4n) is 2.58. The SMILES string of the molecule is CCCCCCCc1ccc(C#Cc2ccc(OCCC)cn2)cc1. The van der Waals surface area contributed by atoms with Crippen molar-refractivity contribution in [1.82, 2.24) is 4.98 Å². The molecule has 2 rings (SSSR count). The van der Waals surface area contributed by atoms with Crippen LogP contribution in [0.15, 0.2) is 42.6 Å². The first-order chi connectivity index (χ1) is 12.3. The lowest BCUT2D eigenvalue weighted by atomic mass is 10.0. The molecule has 132 valence electrons. The van der Waals surface area contributed by atoms with Gasteiger partial charge in [0.15, 0.2) is 0 Å². The van der Waals surface area contributed by atoms with Crippen molar-refractivity contribution in [2.45, 2.75) is 58.8 Å². The van der Waals surface area contributed by atoms with E-state index in [2.05, 4.69) is 54.9 Å². The molecule has 2 nitrogen and oxygen atoms in total. The largest absolute Gasteiger partial charge is 0.492 e. The minimum atomic E-state index is 0.720. The van der Waals surface area contributed by atoms with Gasteiger partial charge in [-0.3, -0.25) is 0 Å². The number of rotatable bonds is 9. The lowest BCUT2D eigenvalue weighted by Gasteiger charge is -2.02. The Hall–Kier alpha value is -2.27. The second kappa shape index (κ2) is 11.3. The number of ether oxygens (including phenoxy) is 1. The maximum atomic E-state index is 5.53. The van der Waals surface area contributed by atoms with E-state index in [0.717, 1.165) is 36.5 Å². The normalized spacial score (nSPS) is 10.2. The summed E-state index contributed by atoms with van der Waals surface area (Å²) >= 11 is 0. The minimum absolute atomic E-state index is 0.720. The van der Waals surface area contributed by atoms with Crippen molar-refractivity contribution >= 4 is 0 Å². The highest BCUT2D eigenvalue weighted by molar-refractivity contribution is 5.41. The van der Waals surface area contributed by atoms with Gasteiger partial charge < -0.3 is 4.74 Å². The van der Waals surface area contributed by atoms with Crippen molar-refractivity contribution < 1.29 is 4.74 Å². The van der Waals surface area contributed by atoms with Gasteiger partial charge in [-0.2, -0.15) is 0 Å². The average Bonchev–Trinajstić information content (AvgIpc) is 2.66. The highest BCUT2D eigenvalue weighted by atomic mass is 16.5. The van der Waals surface area contributed by atoms with E-state index in [9.17, 15) is 0 Å². The summed E-state index contributed by atoms with van der Waals surface area (Å²) in [6.45, 7) is 5.06. The van der Waals surface area contributed by atoms with Crippen LogP contribution in [-0.4, -0.2) is 11.6 Å². The van der Waals surface area contributed by atoms with E-state index >= 15 is 0 Å². The van der Waals surface area contributed by atoms with Gasteiger partial charge in [-0.1, -0.05) is 57.6 Å². The quantitative estimate of drug-likeness (QED) is 0.428. The summed E-state index contributed by atoms with van der Waals surface area (Å²) in [6.07, 6.45) is 10.5. The van der Waals surface area contributed by atoms with Gasteiger partial charge in [0.25, 0.3) is 0 Å². The van der Waals surface area contributed by atoms with E-state index in [1.807, 2.05) is 12.1 Å². The molecule has 0 aliphatic heterocycles. The molecule has 0 unspecified atom stereocenters. The van der Waals surface area contributed by atoms with Crippen molar-refractivity contribution in [3.05, 3.63) is 59.4 Å². The molecule has 0 N–H and O–H groups in total. The Bertz CT molecular complexity index is 662. The summed E-state index contributed by atoms with van der Waals surface area (Å²) < 4.78 is 5.53. The van der Waals surface area contributed by atoms with Gasteiger partial charge >= 0.3 is 0 Å². The zero-order valence-corrected chi connectivity index (χ0v) is 15.6. The van der Waals surface area contributed by atoms with Crippen molar-refractivity contribution in [3.63, 3.8) is 0 Å². The molecule has 2 heteroatoms. The van der Waals surface area contributed by atoms with Gasteiger partial charge in [-0.05, 0) is 55.0 Å². The Kier molecular flexibility index (Phi) is 8.63. The van der Waals surface area contributed by atoms with Crippen LogP contribution in [0.4, 0.5) is 0 Å². The molecular weight excluding hydrogens is 306 g/mol. The molecule has 0 saturated heterocycles. The zero-order valence-electron chi connectivity index (χ0n) is 15.6. The van der Waals surface area contributed by atoms with Crippen molar-refractivity contribution in [2.75, 3.05) is 6.61 Å². The predicted molar refractivity (Wildman–Crippen MR) is 105 cm³/mol. The zero-order chi connectivity index (χ0) is 17.7. The first-order valence-corrected chi connectivity index (χ1v) is 9.51. The number of hydrogen-bond acceptors (Lipinski definition) is 2.